The molecule has 1 saturated heterocycles. The van der Waals surface area contributed by atoms with Crippen molar-refractivity contribution >= 4 is 17.5 Å². The lowest BCUT2D eigenvalue weighted by Gasteiger charge is -2.41. The van der Waals surface area contributed by atoms with Gasteiger partial charge in [-0.1, -0.05) is 6.07 Å². The molecule has 1 aliphatic heterocycles. The van der Waals surface area contributed by atoms with E-state index in [2.05, 4.69) is 15.3 Å². The van der Waals surface area contributed by atoms with E-state index < -0.39 is 11.2 Å². The van der Waals surface area contributed by atoms with E-state index in [9.17, 15) is 19.4 Å². The number of rotatable bonds is 5. The second-order valence-corrected chi connectivity index (χ2v) is 10.7. The Morgan fingerprint density at radius 1 is 1.23 bits per heavy atom. The number of hydrogen-bond donors (Lipinski definition) is 3. The summed E-state index contributed by atoms with van der Waals surface area (Å²) >= 11 is 0. The highest BCUT2D eigenvalue weighted by molar-refractivity contribution is 5.92. The van der Waals surface area contributed by atoms with Gasteiger partial charge in [0.1, 0.15) is 11.5 Å². The lowest BCUT2D eigenvalue weighted by molar-refractivity contribution is 0.0140. The number of piperazine rings is 1. The van der Waals surface area contributed by atoms with Gasteiger partial charge in [0.25, 0.3) is 5.91 Å². The summed E-state index contributed by atoms with van der Waals surface area (Å²) in [6, 6.07) is 6.51. The molecule has 9 heteroatoms. The van der Waals surface area contributed by atoms with E-state index in [0.717, 1.165) is 12.8 Å². The van der Waals surface area contributed by atoms with Crippen LogP contribution in [0.1, 0.15) is 69.4 Å². The molecule has 1 atom stereocenters. The number of aliphatic hydroxyl groups is 2. The molecule has 0 spiro atoms. The van der Waals surface area contributed by atoms with E-state index in [1.165, 1.54) is 6.07 Å². The van der Waals surface area contributed by atoms with E-state index in [0.29, 0.717) is 55.4 Å². The molecule has 1 saturated carbocycles. The van der Waals surface area contributed by atoms with Gasteiger partial charge in [0.15, 0.2) is 0 Å². The Bertz CT molecular complexity index is 1060. The van der Waals surface area contributed by atoms with Gasteiger partial charge in [-0.3, -0.25) is 4.79 Å². The smallest absolute Gasteiger partial charge is 0.270 e. The van der Waals surface area contributed by atoms with Crippen molar-refractivity contribution in [1.82, 2.24) is 15.3 Å². The Morgan fingerprint density at radius 2 is 1.94 bits per heavy atom. The molecule has 2 heterocycles. The summed E-state index contributed by atoms with van der Waals surface area (Å²) in [4.78, 5) is 25.8. The number of hydrogen-bond acceptors (Lipinski definition) is 7. The van der Waals surface area contributed by atoms with Gasteiger partial charge in [-0.05, 0) is 77.1 Å². The zero-order valence-electron chi connectivity index (χ0n) is 21.0. The zero-order valence-corrected chi connectivity index (χ0v) is 21.0. The molecular formula is C26H36FN5O3. The predicted molar refractivity (Wildman–Crippen MR) is 133 cm³/mol. The van der Waals surface area contributed by atoms with Gasteiger partial charge in [-0.2, -0.15) is 0 Å². The highest BCUT2D eigenvalue weighted by Crippen LogP contribution is 2.29. The number of anilines is 2. The second-order valence-electron chi connectivity index (χ2n) is 10.7. The Labute approximate surface area is 206 Å². The summed E-state index contributed by atoms with van der Waals surface area (Å²) in [6.07, 6.45) is 4.40. The van der Waals surface area contributed by atoms with Crippen molar-refractivity contribution in [2.75, 3.05) is 29.4 Å². The molecule has 4 rings (SSSR count). The van der Waals surface area contributed by atoms with E-state index in [1.54, 1.807) is 38.2 Å². The fourth-order valence-corrected chi connectivity index (χ4v) is 4.87. The van der Waals surface area contributed by atoms with Crippen LogP contribution in [0.15, 0.2) is 30.5 Å². The number of carbonyl (C=O) groups excluding carboxylic acids is 1. The normalized spacial score (nSPS) is 25.5. The number of aromatic nitrogens is 2. The number of halogens is 1. The van der Waals surface area contributed by atoms with Crippen molar-refractivity contribution in [3.8, 4) is 0 Å². The van der Waals surface area contributed by atoms with Crippen LogP contribution in [0.4, 0.5) is 16.0 Å². The topological polar surface area (TPSA) is 102 Å². The molecule has 1 aromatic heterocycles. The molecule has 3 N–H and O–H groups in total. The molecule has 190 valence electrons. The highest BCUT2D eigenvalue weighted by atomic mass is 19.1. The van der Waals surface area contributed by atoms with Gasteiger partial charge in [0.2, 0.25) is 5.95 Å². The van der Waals surface area contributed by atoms with Crippen LogP contribution in [-0.4, -0.2) is 63.4 Å². The SMILES string of the molecule is C[C@@H]1CN(c2ccc(C(C)(C)O)cc2F)CCN1c1nccc(C(=O)N[C@H]2CC[C@@](C)(O)CC2)n1. The van der Waals surface area contributed by atoms with Gasteiger partial charge < -0.3 is 25.3 Å². The fourth-order valence-electron chi connectivity index (χ4n) is 4.87. The average molecular weight is 486 g/mol. The summed E-state index contributed by atoms with van der Waals surface area (Å²) in [6.45, 7) is 8.86. The maximum atomic E-state index is 14.8. The lowest BCUT2D eigenvalue weighted by Crippen LogP contribution is -2.53. The summed E-state index contributed by atoms with van der Waals surface area (Å²) < 4.78 is 14.8. The Morgan fingerprint density at radius 3 is 2.57 bits per heavy atom. The Balaban J connectivity index is 1.40. The van der Waals surface area contributed by atoms with Crippen molar-refractivity contribution in [2.45, 2.75) is 76.7 Å². The molecule has 35 heavy (non-hydrogen) atoms. The Kier molecular flexibility index (Phi) is 7.02. The first kappa shape index (κ1) is 25.3. The minimum atomic E-state index is -1.10. The van der Waals surface area contributed by atoms with Crippen LogP contribution in [0.3, 0.4) is 0 Å². The van der Waals surface area contributed by atoms with E-state index in [4.69, 9.17) is 0 Å². The molecule has 2 aliphatic rings. The number of carbonyl (C=O) groups is 1. The van der Waals surface area contributed by atoms with Crippen LogP contribution in [-0.2, 0) is 5.60 Å². The van der Waals surface area contributed by atoms with E-state index >= 15 is 0 Å². The molecule has 1 aliphatic carbocycles. The first-order valence-electron chi connectivity index (χ1n) is 12.3. The number of nitrogens with zero attached hydrogens (tertiary/aromatic N) is 4. The van der Waals surface area contributed by atoms with Crippen molar-refractivity contribution in [3.63, 3.8) is 0 Å². The third-order valence-electron chi connectivity index (χ3n) is 7.15. The first-order chi connectivity index (χ1) is 16.4. The summed E-state index contributed by atoms with van der Waals surface area (Å²) in [5.41, 5.74) is -0.397. The number of amides is 1. The van der Waals surface area contributed by atoms with Crippen molar-refractivity contribution in [3.05, 3.63) is 47.5 Å². The van der Waals surface area contributed by atoms with Crippen LogP contribution in [0.5, 0.6) is 0 Å². The molecule has 0 radical (unpaired) electrons. The molecule has 8 nitrogen and oxygen atoms in total. The molecular weight excluding hydrogens is 449 g/mol. The second kappa shape index (κ2) is 9.70. The van der Waals surface area contributed by atoms with Crippen molar-refractivity contribution in [1.29, 1.82) is 0 Å². The summed E-state index contributed by atoms with van der Waals surface area (Å²) in [7, 11) is 0. The minimum Gasteiger partial charge on any atom is -0.390 e. The summed E-state index contributed by atoms with van der Waals surface area (Å²) in [5.74, 6) is -0.112. The van der Waals surface area contributed by atoms with Gasteiger partial charge in [0.05, 0.1) is 16.9 Å². The molecule has 0 bridgehead atoms. The van der Waals surface area contributed by atoms with Gasteiger partial charge in [-0.25, -0.2) is 14.4 Å². The van der Waals surface area contributed by atoms with Crippen LogP contribution in [0, 0.1) is 5.82 Å². The molecule has 2 fully saturated rings. The number of benzene rings is 1. The standard InChI is InChI=1S/C26H36FN5O3/c1-17-16-31(22-6-5-18(15-20(22)27)25(2,3)34)13-14-32(17)24-28-12-9-21(30-24)23(33)29-19-7-10-26(4,35)11-8-19/h5-6,9,12,15,17,19,34-35H,7-8,10-11,13-14,16H2,1-4H3,(H,29,33)/t17-,19-,26+/m1/s1. The van der Waals surface area contributed by atoms with Gasteiger partial charge >= 0.3 is 0 Å². The summed E-state index contributed by atoms with van der Waals surface area (Å²) in [5, 5.41) is 23.3. The van der Waals surface area contributed by atoms with Crippen LogP contribution >= 0.6 is 0 Å². The van der Waals surface area contributed by atoms with Crippen LogP contribution < -0.4 is 15.1 Å². The zero-order chi connectivity index (χ0) is 25.4. The van der Waals surface area contributed by atoms with E-state index in [1.807, 2.05) is 23.6 Å². The molecule has 1 aromatic carbocycles. The Hall–Kier alpha value is -2.78. The van der Waals surface area contributed by atoms with E-state index in [-0.39, 0.29) is 23.8 Å². The first-order valence-corrected chi connectivity index (χ1v) is 12.3. The predicted octanol–water partition coefficient (Wildman–Crippen LogP) is 2.98. The minimum absolute atomic E-state index is 0.00371. The fraction of sp³-hybridized carbons (Fsp3) is 0.577. The molecule has 1 amide bonds. The highest BCUT2D eigenvalue weighted by Gasteiger charge is 2.31. The third kappa shape index (κ3) is 5.90. The van der Waals surface area contributed by atoms with Gasteiger partial charge in [-0.15, -0.1) is 0 Å². The van der Waals surface area contributed by atoms with Gasteiger partial charge in [0, 0.05) is 37.9 Å². The van der Waals surface area contributed by atoms with Crippen LogP contribution in [0.2, 0.25) is 0 Å². The quantitative estimate of drug-likeness (QED) is 0.598. The average Bonchev–Trinajstić information content (AvgIpc) is 2.80. The molecule has 0 unspecified atom stereocenters. The third-order valence-corrected chi connectivity index (χ3v) is 7.15. The lowest BCUT2D eigenvalue weighted by atomic mass is 9.83. The maximum Gasteiger partial charge on any atom is 0.270 e. The molecule has 2 aromatic rings. The van der Waals surface area contributed by atoms with Crippen molar-refractivity contribution in [2.24, 2.45) is 0 Å². The monoisotopic (exact) mass is 485 g/mol. The number of nitrogens with one attached hydrogen (secondary N) is 1. The van der Waals surface area contributed by atoms with Crippen molar-refractivity contribution < 1.29 is 19.4 Å². The maximum absolute atomic E-state index is 14.8. The van der Waals surface area contributed by atoms with Crippen LogP contribution in [0.25, 0.3) is 0 Å². The largest absolute Gasteiger partial charge is 0.390 e.